The van der Waals surface area contributed by atoms with E-state index in [1.54, 1.807) is 6.08 Å². The van der Waals surface area contributed by atoms with Crippen LogP contribution >= 0.6 is 7.60 Å². The first kappa shape index (κ1) is 12.6. The molecule has 0 aliphatic carbocycles. The molecule has 0 saturated carbocycles. The fraction of sp³-hybridized carbons (Fsp3) is 0.625. The van der Waals surface area contributed by atoms with Crippen molar-refractivity contribution in [2.75, 3.05) is 14.2 Å². The van der Waals surface area contributed by atoms with Gasteiger partial charge in [-0.05, 0) is 12.0 Å². The van der Waals surface area contributed by atoms with E-state index < -0.39 is 13.1 Å². The van der Waals surface area contributed by atoms with Crippen LogP contribution in [0.25, 0.3) is 0 Å². The summed E-state index contributed by atoms with van der Waals surface area (Å²) in [6.45, 7) is 3.82. The first-order valence-corrected chi connectivity index (χ1v) is 5.44. The highest BCUT2D eigenvalue weighted by atomic mass is 31.2. The molecule has 0 saturated heterocycles. The van der Waals surface area contributed by atoms with E-state index in [1.165, 1.54) is 20.3 Å². The third-order valence-electron chi connectivity index (χ3n) is 1.37. The van der Waals surface area contributed by atoms with Gasteiger partial charge in [0.05, 0.1) is 0 Å². The molecule has 0 radical (unpaired) electrons. The molecule has 0 aromatic heterocycles. The summed E-state index contributed by atoms with van der Waals surface area (Å²) in [5.74, 6) is 0.228. The fourth-order valence-electron chi connectivity index (χ4n) is 0.621. The summed E-state index contributed by atoms with van der Waals surface area (Å²) in [6.07, 6.45) is 2.88. The molecule has 0 aromatic rings. The van der Waals surface area contributed by atoms with Crippen molar-refractivity contribution in [3.05, 3.63) is 12.2 Å². The van der Waals surface area contributed by atoms with E-state index in [9.17, 15) is 9.36 Å². The van der Waals surface area contributed by atoms with E-state index in [-0.39, 0.29) is 5.92 Å². The molecule has 0 fully saturated rings. The molecule has 0 unspecified atom stereocenters. The minimum absolute atomic E-state index is 0.228. The molecule has 0 amide bonds. The number of carbonyl (C=O) groups excluding carboxylic acids is 1. The van der Waals surface area contributed by atoms with Gasteiger partial charge in [-0.1, -0.05) is 19.9 Å². The summed E-state index contributed by atoms with van der Waals surface area (Å²) >= 11 is 0. The summed E-state index contributed by atoms with van der Waals surface area (Å²) in [5.41, 5.74) is -0.619. The van der Waals surface area contributed by atoms with Gasteiger partial charge in [0.2, 0.25) is 0 Å². The van der Waals surface area contributed by atoms with Gasteiger partial charge in [-0.25, -0.2) is 0 Å². The summed E-state index contributed by atoms with van der Waals surface area (Å²) in [4.78, 5) is 11.2. The van der Waals surface area contributed by atoms with Crippen molar-refractivity contribution in [3.8, 4) is 0 Å². The minimum atomic E-state index is -3.55. The maximum Gasteiger partial charge on any atom is 0.400 e. The zero-order chi connectivity index (χ0) is 10.5. The molecule has 5 heteroatoms. The zero-order valence-electron chi connectivity index (χ0n) is 8.31. The van der Waals surface area contributed by atoms with E-state index in [4.69, 9.17) is 0 Å². The normalized spacial score (nSPS) is 12.7. The Balaban J connectivity index is 4.50. The van der Waals surface area contributed by atoms with Crippen molar-refractivity contribution in [3.63, 3.8) is 0 Å². The first-order chi connectivity index (χ1) is 5.96. The van der Waals surface area contributed by atoms with Crippen LogP contribution in [0.3, 0.4) is 0 Å². The maximum absolute atomic E-state index is 11.4. The lowest BCUT2D eigenvalue weighted by Crippen LogP contribution is -2.00. The zero-order valence-corrected chi connectivity index (χ0v) is 9.21. The Morgan fingerprint density at radius 2 is 1.77 bits per heavy atom. The Kier molecular flexibility index (Phi) is 5.14. The maximum atomic E-state index is 11.4. The van der Waals surface area contributed by atoms with Crippen molar-refractivity contribution < 1.29 is 18.4 Å². The van der Waals surface area contributed by atoms with Crippen molar-refractivity contribution >= 4 is 13.1 Å². The van der Waals surface area contributed by atoms with Gasteiger partial charge >= 0.3 is 7.60 Å². The van der Waals surface area contributed by atoms with Crippen LogP contribution in [0.2, 0.25) is 0 Å². The summed E-state index contributed by atoms with van der Waals surface area (Å²) in [6, 6.07) is 0. The highest BCUT2D eigenvalue weighted by Crippen LogP contribution is 2.47. The van der Waals surface area contributed by atoms with Gasteiger partial charge in [-0.15, -0.1) is 0 Å². The average Bonchev–Trinajstić information content (AvgIpc) is 2.12. The fourth-order valence-corrected chi connectivity index (χ4v) is 1.40. The number of hydrogen-bond donors (Lipinski definition) is 0. The second-order valence-corrected chi connectivity index (χ2v) is 4.97. The Morgan fingerprint density at radius 3 is 2.08 bits per heavy atom. The van der Waals surface area contributed by atoms with Gasteiger partial charge in [0.25, 0.3) is 5.52 Å². The monoisotopic (exact) mass is 206 g/mol. The van der Waals surface area contributed by atoms with Gasteiger partial charge < -0.3 is 9.05 Å². The van der Waals surface area contributed by atoms with Crippen LogP contribution < -0.4 is 0 Å². The highest BCUT2D eigenvalue weighted by Gasteiger charge is 2.29. The molecule has 0 bridgehead atoms. The van der Waals surface area contributed by atoms with Crippen LogP contribution in [0.5, 0.6) is 0 Å². The second kappa shape index (κ2) is 5.32. The molecular weight excluding hydrogens is 191 g/mol. The molecule has 0 rings (SSSR count). The number of carbonyl (C=O) groups is 1. The van der Waals surface area contributed by atoms with Crippen molar-refractivity contribution in [2.24, 2.45) is 5.92 Å². The Hall–Kier alpha value is -0.440. The van der Waals surface area contributed by atoms with Gasteiger partial charge in [-0.2, -0.15) is 0 Å². The van der Waals surface area contributed by atoms with Gasteiger partial charge in [0.15, 0.2) is 0 Å². The predicted octanol–water partition coefficient (Wildman–Crippen LogP) is 2.21. The van der Waals surface area contributed by atoms with E-state index in [0.29, 0.717) is 0 Å². The lowest BCUT2D eigenvalue weighted by atomic mass is 10.2. The lowest BCUT2D eigenvalue weighted by molar-refractivity contribution is -0.109. The molecule has 4 nitrogen and oxygen atoms in total. The average molecular weight is 206 g/mol. The first-order valence-electron chi connectivity index (χ1n) is 3.90. The molecule has 0 atom stereocenters. The van der Waals surface area contributed by atoms with E-state index in [2.05, 4.69) is 9.05 Å². The number of allylic oxidation sites excluding steroid dienone is 2. The van der Waals surface area contributed by atoms with Crippen LogP contribution in [-0.4, -0.2) is 19.7 Å². The number of hydrogen-bond acceptors (Lipinski definition) is 4. The van der Waals surface area contributed by atoms with E-state index in [0.717, 1.165) is 0 Å². The highest BCUT2D eigenvalue weighted by molar-refractivity contribution is 7.72. The molecule has 76 valence electrons. The molecule has 0 aliphatic rings. The smallest absolute Gasteiger partial charge is 0.306 e. The van der Waals surface area contributed by atoms with Crippen LogP contribution in [0.15, 0.2) is 12.2 Å². The molecule has 0 heterocycles. The summed E-state index contributed by atoms with van der Waals surface area (Å²) in [5, 5.41) is 0. The van der Waals surface area contributed by atoms with Crippen LogP contribution in [0.4, 0.5) is 0 Å². The van der Waals surface area contributed by atoms with E-state index >= 15 is 0 Å². The molecule has 0 spiro atoms. The standard InChI is InChI=1S/C8H15O4P/c1-7(2)5-6-8(9)13(10,11-3)12-4/h5-7H,1-4H3/b6-5+. The minimum Gasteiger partial charge on any atom is -0.306 e. The molecular formula is C8H15O4P. The predicted molar refractivity (Wildman–Crippen MR) is 50.6 cm³/mol. The lowest BCUT2D eigenvalue weighted by Gasteiger charge is -2.08. The Morgan fingerprint density at radius 1 is 1.31 bits per heavy atom. The molecule has 13 heavy (non-hydrogen) atoms. The third kappa shape index (κ3) is 3.85. The molecule has 0 aromatic carbocycles. The van der Waals surface area contributed by atoms with Crippen LogP contribution in [0, 0.1) is 5.92 Å². The molecule has 0 aliphatic heterocycles. The summed E-state index contributed by atoms with van der Waals surface area (Å²) in [7, 11) is -1.18. The summed E-state index contributed by atoms with van der Waals surface area (Å²) < 4.78 is 20.4. The van der Waals surface area contributed by atoms with E-state index in [1.807, 2.05) is 13.8 Å². The largest absolute Gasteiger partial charge is 0.400 e. The van der Waals surface area contributed by atoms with Gasteiger partial charge in [-0.3, -0.25) is 9.36 Å². The van der Waals surface area contributed by atoms with Gasteiger partial charge in [0, 0.05) is 14.2 Å². The van der Waals surface area contributed by atoms with Crippen molar-refractivity contribution in [1.29, 1.82) is 0 Å². The SMILES string of the molecule is COP(=O)(OC)C(=O)/C=C/C(C)C. The topological polar surface area (TPSA) is 52.6 Å². The van der Waals surface area contributed by atoms with Crippen LogP contribution in [0.1, 0.15) is 13.8 Å². The van der Waals surface area contributed by atoms with Gasteiger partial charge in [0.1, 0.15) is 0 Å². The second-order valence-electron chi connectivity index (χ2n) is 2.80. The number of rotatable bonds is 5. The quantitative estimate of drug-likeness (QED) is 0.511. The van der Waals surface area contributed by atoms with Crippen LogP contribution in [-0.2, 0) is 18.4 Å². The Bertz CT molecular complexity index is 237. The molecule has 0 N–H and O–H groups in total. The van der Waals surface area contributed by atoms with Crippen molar-refractivity contribution in [2.45, 2.75) is 13.8 Å². The Labute approximate surface area is 78.5 Å². The van der Waals surface area contributed by atoms with Crippen molar-refractivity contribution in [1.82, 2.24) is 0 Å². The third-order valence-corrected chi connectivity index (χ3v) is 3.02.